The number of imide groups is 1. The molecule has 5 heteroatoms. The van der Waals surface area contributed by atoms with E-state index in [0.717, 1.165) is 24.1 Å². The minimum Gasteiger partial charge on any atom is -0.497 e. The summed E-state index contributed by atoms with van der Waals surface area (Å²) in [5.74, 6) is 0.481. The van der Waals surface area contributed by atoms with Crippen molar-refractivity contribution in [2.75, 3.05) is 23.5 Å². The summed E-state index contributed by atoms with van der Waals surface area (Å²) in [6, 6.07) is 23.2. The first-order valence-electron chi connectivity index (χ1n) is 11.7. The molecule has 0 unspecified atom stereocenters. The number of amides is 2. The Labute approximate surface area is 200 Å². The van der Waals surface area contributed by atoms with Crippen LogP contribution in [0.25, 0.3) is 5.57 Å². The van der Waals surface area contributed by atoms with E-state index in [1.165, 1.54) is 10.5 Å². The van der Waals surface area contributed by atoms with Gasteiger partial charge in [0.25, 0.3) is 11.8 Å². The summed E-state index contributed by atoms with van der Waals surface area (Å²) in [6.45, 7) is 4.93. The molecule has 0 saturated heterocycles. The topological polar surface area (TPSA) is 49.9 Å². The van der Waals surface area contributed by atoms with Crippen LogP contribution in [0.15, 0.2) is 78.5 Å². The van der Waals surface area contributed by atoms with E-state index in [-0.39, 0.29) is 11.8 Å². The molecule has 0 N–H and O–H groups in total. The SMILES string of the molecule is COc1ccc(C2=C(N3CCCc4ccccc43)C(=O)N(c3ccc(C(C)C)cc3)C2=O)cc1. The maximum absolute atomic E-state index is 13.9. The van der Waals surface area contributed by atoms with Crippen molar-refractivity contribution in [3.63, 3.8) is 0 Å². The summed E-state index contributed by atoms with van der Waals surface area (Å²) in [7, 11) is 1.61. The average Bonchev–Trinajstić information content (AvgIpc) is 3.13. The van der Waals surface area contributed by atoms with Gasteiger partial charge >= 0.3 is 0 Å². The first-order chi connectivity index (χ1) is 16.5. The standard InChI is InChI=1S/C29H28N2O3/c1-19(2)20-10-14-23(15-11-20)31-28(32)26(22-12-16-24(34-3)17-13-22)27(29(31)33)30-18-6-8-21-7-4-5-9-25(21)30/h4-5,7,9-17,19H,6,8,18H2,1-3H3. The zero-order valence-corrected chi connectivity index (χ0v) is 19.7. The third kappa shape index (κ3) is 3.67. The van der Waals surface area contributed by atoms with Gasteiger partial charge in [0.05, 0.1) is 18.4 Å². The van der Waals surface area contributed by atoms with Crippen LogP contribution < -0.4 is 14.5 Å². The summed E-state index contributed by atoms with van der Waals surface area (Å²) in [5, 5.41) is 0. The number of ether oxygens (including phenoxy) is 1. The normalized spacial score (nSPS) is 15.9. The largest absolute Gasteiger partial charge is 0.497 e. The van der Waals surface area contributed by atoms with E-state index in [0.29, 0.717) is 40.7 Å². The van der Waals surface area contributed by atoms with Gasteiger partial charge in [-0.05, 0) is 65.8 Å². The molecular weight excluding hydrogens is 424 g/mol. The summed E-state index contributed by atoms with van der Waals surface area (Å²) >= 11 is 0. The molecule has 0 bridgehead atoms. The van der Waals surface area contributed by atoms with Crippen LogP contribution in [0, 0.1) is 0 Å². The number of methoxy groups -OCH3 is 1. The van der Waals surface area contributed by atoms with E-state index < -0.39 is 0 Å². The van der Waals surface area contributed by atoms with E-state index in [1.807, 2.05) is 71.6 Å². The third-order valence-electron chi connectivity index (χ3n) is 6.64. The molecule has 5 rings (SSSR count). The molecule has 0 radical (unpaired) electrons. The Kier molecular flexibility index (Phi) is 5.70. The number of para-hydroxylation sites is 1. The Balaban J connectivity index is 1.64. The zero-order chi connectivity index (χ0) is 23.8. The molecule has 0 spiro atoms. The van der Waals surface area contributed by atoms with E-state index in [1.54, 1.807) is 7.11 Å². The van der Waals surface area contributed by atoms with Crippen molar-refractivity contribution in [2.45, 2.75) is 32.6 Å². The zero-order valence-electron chi connectivity index (χ0n) is 19.7. The van der Waals surface area contributed by atoms with Gasteiger partial charge in [-0.2, -0.15) is 0 Å². The molecule has 2 amide bonds. The molecule has 0 atom stereocenters. The second kappa shape index (κ2) is 8.82. The lowest BCUT2D eigenvalue weighted by Gasteiger charge is -2.32. The Morgan fingerprint density at radius 3 is 2.24 bits per heavy atom. The fraction of sp³-hybridized carbons (Fsp3) is 0.241. The molecule has 2 aliphatic heterocycles. The van der Waals surface area contributed by atoms with Crippen molar-refractivity contribution in [3.05, 3.63) is 95.2 Å². The van der Waals surface area contributed by atoms with Crippen LogP contribution in [0.5, 0.6) is 5.75 Å². The second-order valence-corrected chi connectivity index (χ2v) is 9.03. The minimum atomic E-state index is -0.300. The Morgan fingerprint density at radius 2 is 1.56 bits per heavy atom. The fourth-order valence-corrected chi connectivity index (χ4v) is 4.80. The number of carbonyl (C=O) groups is 2. The van der Waals surface area contributed by atoms with Crippen LogP contribution >= 0.6 is 0 Å². The van der Waals surface area contributed by atoms with Gasteiger partial charge in [0, 0.05) is 12.2 Å². The molecule has 0 aliphatic carbocycles. The Morgan fingerprint density at radius 1 is 0.853 bits per heavy atom. The van der Waals surface area contributed by atoms with Crippen LogP contribution in [-0.4, -0.2) is 25.5 Å². The average molecular weight is 453 g/mol. The van der Waals surface area contributed by atoms with E-state index in [9.17, 15) is 9.59 Å². The van der Waals surface area contributed by atoms with Crippen molar-refractivity contribution in [2.24, 2.45) is 0 Å². The summed E-state index contributed by atoms with van der Waals surface area (Å²) in [6.07, 6.45) is 1.88. The van der Waals surface area contributed by atoms with Gasteiger partial charge in [-0.3, -0.25) is 9.59 Å². The highest BCUT2D eigenvalue weighted by Crippen LogP contribution is 2.40. The van der Waals surface area contributed by atoms with Crippen LogP contribution in [-0.2, 0) is 16.0 Å². The maximum atomic E-state index is 13.9. The van der Waals surface area contributed by atoms with Crippen molar-refractivity contribution in [1.29, 1.82) is 0 Å². The molecule has 3 aromatic rings. The number of anilines is 2. The number of hydrogen-bond donors (Lipinski definition) is 0. The van der Waals surface area contributed by atoms with Gasteiger partial charge in [0.1, 0.15) is 11.4 Å². The molecule has 2 aliphatic rings. The second-order valence-electron chi connectivity index (χ2n) is 9.03. The highest BCUT2D eigenvalue weighted by atomic mass is 16.5. The maximum Gasteiger partial charge on any atom is 0.282 e. The summed E-state index contributed by atoms with van der Waals surface area (Å²) in [4.78, 5) is 31.1. The Bertz CT molecular complexity index is 1270. The lowest BCUT2D eigenvalue weighted by molar-refractivity contribution is -0.120. The third-order valence-corrected chi connectivity index (χ3v) is 6.64. The molecule has 3 aromatic carbocycles. The lowest BCUT2D eigenvalue weighted by atomic mass is 9.98. The van der Waals surface area contributed by atoms with Gasteiger partial charge in [-0.15, -0.1) is 0 Å². The van der Waals surface area contributed by atoms with Crippen LogP contribution in [0.4, 0.5) is 11.4 Å². The quantitative estimate of drug-likeness (QED) is 0.476. The van der Waals surface area contributed by atoms with Gasteiger partial charge in [-0.1, -0.05) is 56.3 Å². The highest BCUT2D eigenvalue weighted by molar-refractivity contribution is 6.46. The molecule has 34 heavy (non-hydrogen) atoms. The molecular formula is C29H28N2O3. The first kappa shape index (κ1) is 22.0. The lowest BCUT2D eigenvalue weighted by Crippen LogP contribution is -2.37. The number of hydrogen-bond acceptors (Lipinski definition) is 4. The fourth-order valence-electron chi connectivity index (χ4n) is 4.80. The smallest absolute Gasteiger partial charge is 0.282 e. The van der Waals surface area contributed by atoms with Crippen molar-refractivity contribution in [1.82, 2.24) is 0 Å². The number of fused-ring (bicyclic) bond motifs is 1. The molecule has 2 heterocycles. The molecule has 0 fully saturated rings. The number of nitrogens with zero attached hydrogens (tertiary/aromatic N) is 2. The van der Waals surface area contributed by atoms with Crippen molar-refractivity contribution in [3.8, 4) is 5.75 Å². The van der Waals surface area contributed by atoms with Crippen molar-refractivity contribution >= 4 is 28.8 Å². The van der Waals surface area contributed by atoms with Crippen molar-refractivity contribution < 1.29 is 14.3 Å². The van der Waals surface area contributed by atoms with Gasteiger partial charge < -0.3 is 9.64 Å². The van der Waals surface area contributed by atoms with Gasteiger partial charge in [0.2, 0.25) is 0 Å². The summed E-state index contributed by atoms with van der Waals surface area (Å²) in [5.41, 5.74) is 5.51. The van der Waals surface area contributed by atoms with Crippen LogP contribution in [0.1, 0.15) is 42.9 Å². The number of benzene rings is 3. The molecule has 0 aromatic heterocycles. The monoisotopic (exact) mass is 452 g/mol. The van der Waals surface area contributed by atoms with E-state index in [2.05, 4.69) is 19.9 Å². The molecule has 5 nitrogen and oxygen atoms in total. The van der Waals surface area contributed by atoms with Gasteiger partial charge in [-0.25, -0.2) is 4.90 Å². The van der Waals surface area contributed by atoms with E-state index >= 15 is 0 Å². The van der Waals surface area contributed by atoms with Crippen LogP contribution in [0.3, 0.4) is 0 Å². The number of aryl methyl sites for hydroxylation is 1. The summed E-state index contributed by atoms with van der Waals surface area (Å²) < 4.78 is 5.30. The minimum absolute atomic E-state index is 0.287. The van der Waals surface area contributed by atoms with E-state index in [4.69, 9.17) is 4.74 Å². The predicted octanol–water partition coefficient (Wildman–Crippen LogP) is 5.56. The number of carbonyl (C=O) groups excluding carboxylic acids is 2. The highest BCUT2D eigenvalue weighted by Gasteiger charge is 2.43. The molecule has 172 valence electrons. The van der Waals surface area contributed by atoms with Crippen LogP contribution in [0.2, 0.25) is 0 Å². The first-order valence-corrected chi connectivity index (χ1v) is 11.7. The number of rotatable bonds is 5. The Hall–Kier alpha value is -3.86. The molecule has 0 saturated carbocycles. The van der Waals surface area contributed by atoms with Gasteiger partial charge in [0.15, 0.2) is 0 Å². The predicted molar refractivity (Wildman–Crippen MR) is 135 cm³/mol.